The van der Waals surface area contributed by atoms with Crippen molar-refractivity contribution < 1.29 is 4.74 Å². The minimum Gasteiger partial charge on any atom is -0.489 e. The average Bonchev–Trinajstić information content (AvgIpc) is 3.74. The molecule has 12 rings (SSSR count). The van der Waals surface area contributed by atoms with Crippen LogP contribution in [-0.2, 0) is 24.9 Å². The summed E-state index contributed by atoms with van der Waals surface area (Å²) in [5.41, 5.74) is 22.3. The van der Waals surface area contributed by atoms with Gasteiger partial charge in [-0.3, -0.25) is 0 Å². The molecule has 3 unspecified atom stereocenters. The molecule has 0 saturated carbocycles. The second-order valence-electron chi connectivity index (χ2n) is 19.9. The van der Waals surface area contributed by atoms with Gasteiger partial charge in [-0.1, -0.05) is 214 Å². The first-order valence-corrected chi connectivity index (χ1v) is 25.9. The largest absolute Gasteiger partial charge is 0.489 e. The predicted molar refractivity (Wildman–Crippen MR) is 300 cm³/mol. The number of ether oxygens (including phenoxy) is 1. The zero-order chi connectivity index (χ0) is 48.4. The monoisotopic (exact) mass is 929 g/mol. The number of nitrogens with zero attached hydrogens (tertiary/aromatic N) is 1. The smallest absolute Gasteiger partial charge is 0.119 e. The number of aryl methyl sites for hydroxylation is 2. The molecule has 0 saturated heterocycles. The van der Waals surface area contributed by atoms with Crippen molar-refractivity contribution in [3.63, 3.8) is 0 Å². The molecule has 2 nitrogen and oxygen atoms in total. The van der Waals surface area contributed by atoms with E-state index in [0.29, 0.717) is 18.4 Å². The highest BCUT2D eigenvalue weighted by atomic mass is 16.5. The second kappa shape index (κ2) is 19.5. The summed E-state index contributed by atoms with van der Waals surface area (Å²) >= 11 is 0. The molecule has 3 atom stereocenters. The van der Waals surface area contributed by atoms with Gasteiger partial charge < -0.3 is 9.64 Å². The van der Waals surface area contributed by atoms with Gasteiger partial charge in [0, 0.05) is 17.1 Å². The molecule has 350 valence electrons. The Hall–Kier alpha value is -8.20. The molecule has 0 aliphatic heterocycles. The van der Waals surface area contributed by atoms with Crippen molar-refractivity contribution in [1.82, 2.24) is 0 Å². The van der Waals surface area contributed by atoms with Gasteiger partial charge >= 0.3 is 0 Å². The maximum Gasteiger partial charge on any atom is 0.119 e. The first-order chi connectivity index (χ1) is 35.5. The molecule has 0 aromatic heterocycles. The van der Waals surface area contributed by atoms with E-state index in [1.54, 1.807) is 0 Å². The van der Waals surface area contributed by atoms with E-state index in [0.717, 1.165) is 41.2 Å². The second-order valence-corrected chi connectivity index (χ2v) is 19.9. The molecule has 10 aromatic rings. The Kier molecular flexibility index (Phi) is 12.2. The maximum absolute atomic E-state index is 6.56. The fraction of sp³-hybridized carbons (Fsp3) is 0.143. The summed E-state index contributed by atoms with van der Waals surface area (Å²) in [7, 11) is 0. The summed E-state index contributed by atoms with van der Waals surface area (Å²) in [6.07, 6.45) is 4.68. The lowest BCUT2D eigenvalue weighted by atomic mass is 9.67. The van der Waals surface area contributed by atoms with Crippen LogP contribution in [0.3, 0.4) is 0 Å². The fourth-order valence-corrected chi connectivity index (χ4v) is 11.7. The number of hydrogen-bond donors (Lipinski definition) is 0. The standard InChI is InChI=1S/C70H59NO/c1-3-51(54-27-29-56(30-28-54)58-33-31-57-32-34-59(57)46-58)45-49(2)52-25-23-50(24-26-52)48-72-65-42-37-61(38-43-65)70(60-17-9-5-10-18-60)68-22-14-13-21-66(68)67-44-41-64(47-69(67)70)71(62-19-11-6-12-20-62)63-39-35-55(36-40-63)53-15-7-4-8-16-53/h4-31,33,35-44,46-47,49,51H,3,32,34,45,48H2,1-2H3. The predicted octanol–water partition coefficient (Wildman–Crippen LogP) is 18.2. The van der Waals surface area contributed by atoms with Crippen molar-refractivity contribution in [2.75, 3.05) is 4.90 Å². The van der Waals surface area contributed by atoms with Crippen LogP contribution in [0, 0.1) is 0 Å². The van der Waals surface area contributed by atoms with Gasteiger partial charge in [0.2, 0.25) is 0 Å². The number of para-hydroxylation sites is 1. The van der Waals surface area contributed by atoms with Crippen LogP contribution in [0.15, 0.2) is 249 Å². The van der Waals surface area contributed by atoms with E-state index in [2.05, 4.69) is 267 Å². The van der Waals surface area contributed by atoms with E-state index >= 15 is 0 Å². The van der Waals surface area contributed by atoms with Crippen LogP contribution in [0.2, 0.25) is 0 Å². The Balaban J connectivity index is 0.803. The molecule has 0 radical (unpaired) electrons. The first kappa shape index (κ1) is 45.0. The molecule has 0 spiro atoms. The third-order valence-corrected chi connectivity index (χ3v) is 15.7. The third-order valence-electron chi connectivity index (χ3n) is 15.7. The summed E-state index contributed by atoms with van der Waals surface area (Å²) in [4.78, 5) is 2.38. The summed E-state index contributed by atoms with van der Waals surface area (Å²) in [6, 6.07) is 91.7. The zero-order valence-electron chi connectivity index (χ0n) is 41.2. The Morgan fingerprint density at radius 3 is 1.69 bits per heavy atom. The van der Waals surface area contributed by atoms with Gasteiger partial charge in [-0.2, -0.15) is 0 Å². The Labute approximate surface area is 425 Å². The van der Waals surface area contributed by atoms with Crippen molar-refractivity contribution in [2.24, 2.45) is 0 Å². The van der Waals surface area contributed by atoms with Crippen LogP contribution >= 0.6 is 0 Å². The van der Waals surface area contributed by atoms with Gasteiger partial charge in [0.05, 0.1) is 5.41 Å². The Morgan fingerprint density at radius 1 is 0.444 bits per heavy atom. The third kappa shape index (κ3) is 8.41. The molecule has 2 aliphatic carbocycles. The lowest BCUT2D eigenvalue weighted by Gasteiger charge is -2.35. The SMILES string of the molecule is CCC(CC(C)c1ccc(COc2ccc(C3(c4ccccc4)c4ccccc4-c4ccc(N(c5ccccc5)c5ccc(-c6ccccc6)cc5)cc43)cc2)cc1)c1ccc(-c2ccc3c(c2)CC3)cc1. The van der Waals surface area contributed by atoms with Crippen molar-refractivity contribution in [1.29, 1.82) is 0 Å². The van der Waals surface area contributed by atoms with Crippen LogP contribution in [0.4, 0.5) is 17.1 Å². The Bertz CT molecular complexity index is 3460. The first-order valence-electron chi connectivity index (χ1n) is 25.9. The van der Waals surface area contributed by atoms with Gasteiger partial charge in [-0.05, 0) is 170 Å². The molecule has 2 heteroatoms. The van der Waals surface area contributed by atoms with Crippen molar-refractivity contribution in [3.05, 3.63) is 299 Å². The molecule has 2 aliphatic rings. The number of benzene rings is 10. The van der Waals surface area contributed by atoms with Gasteiger partial charge in [0.15, 0.2) is 0 Å². The molecule has 72 heavy (non-hydrogen) atoms. The average molecular weight is 930 g/mol. The maximum atomic E-state index is 6.56. The van der Waals surface area contributed by atoms with Crippen LogP contribution in [0.1, 0.15) is 88.6 Å². The van der Waals surface area contributed by atoms with Gasteiger partial charge in [-0.15, -0.1) is 0 Å². The number of fused-ring (bicyclic) bond motifs is 4. The lowest BCUT2D eigenvalue weighted by Crippen LogP contribution is -2.28. The van der Waals surface area contributed by atoms with Crippen molar-refractivity contribution in [2.45, 2.75) is 63.4 Å². The lowest BCUT2D eigenvalue weighted by molar-refractivity contribution is 0.306. The highest BCUT2D eigenvalue weighted by molar-refractivity contribution is 5.89. The molecule has 0 heterocycles. The summed E-state index contributed by atoms with van der Waals surface area (Å²) in [5, 5.41) is 0. The normalized spacial score (nSPS) is 15.1. The molecule has 10 aromatic carbocycles. The van der Waals surface area contributed by atoms with E-state index in [-0.39, 0.29) is 0 Å². The van der Waals surface area contributed by atoms with E-state index < -0.39 is 5.41 Å². The minimum absolute atomic E-state index is 0.442. The molecule has 0 bridgehead atoms. The molecule has 0 amide bonds. The highest BCUT2D eigenvalue weighted by Crippen LogP contribution is 2.57. The fourth-order valence-electron chi connectivity index (χ4n) is 11.7. The van der Waals surface area contributed by atoms with Crippen LogP contribution in [0.25, 0.3) is 33.4 Å². The van der Waals surface area contributed by atoms with E-state index in [1.165, 1.54) is 90.7 Å². The number of hydrogen-bond acceptors (Lipinski definition) is 2. The summed E-state index contributed by atoms with van der Waals surface area (Å²) < 4.78 is 6.56. The summed E-state index contributed by atoms with van der Waals surface area (Å²) in [6.45, 7) is 5.20. The molecular formula is C70H59NO. The van der Waals surface area contributed by atoms with Crippen LogP contribution in [-0.4, -0.2) is 0 Å². The van der Waals surface area contributed by atoms with E-state index in [1.807, 2.05) is 0 Å². The van der Waals surface area contributed by atoms with Gasteiger partial charge in [-0.25, -0.2) is 0 Å². The molecular weight excluding hydrogens is 871 g/mol. The van der Waals surface area contributed by atoms with Crippen LogP contribution in [0.5, 0.6) is 5.75 Å². The Morgan fingerprint density at radius 2 is 1.00 bits per heavy atom. The van der Waals surface area contributed by atoms with Crippen molar-refractivity contribution >= 4 is 17.1 Å². The van der Waals surface area contributed by atoms with Crippen molar-refractivity contribution in [3.8, 4) is 39.1 Å². The highest BCUT2D eigenvalue weighted by Gasteiger charge is 2.46. The van der Waals surface area contributed by atoms with Gasteiger partial charge in [0.1, 0.15) is 12.4 Å². The molecule has 0 fully saturated rings. The number of anilines is 3. The van der Waals surface area contributed by atoms with E-state index in [4.69, 9.17) is 4.74 Å². The zero-order valence-corrected chi connectivity index (χ0v) is 41.2. The minimum atomic E-state index is -0.573. The van der Waals surface area contributed by atoms with Crippen LogP contribution < -0.4 is 9.64 Å². The van der Waals surface area contributed by atoms with Gasteiger partial charge in [0.25, 0.3) is 0 Å². The van der Waals surface area contributed by atoms with E-state index in [9.17, 15) is 0 Å². The topological polar surface area (TPSA) is 12.5 Å². The number of rotatable bonds is 15. The quantitative estimate of drug-likeness (QED) is 0.102. The summed E-state index contributed by atoms with van der Waals surface area (Å²) in [5.74, 6) is 1.81. The molecule has 0 N–H and O–H groups in total.